The van der Waals surface area contributed by atoms with Crippen molar-refractivity contribution in [3.8, 4) is 0 Å². The summed E-state index contributed by atoms with van der Waals surface area (Å²) in [5.41, 5.74) is 1.18. The molecule has 1 heterocycles. The van der Waals surface area contributed by atoms with Gasteiger partial charge >= 0.3 is 0 Å². The van der Waals surface area contributed by atoms with Gasteiger partial charge in [-0.1, -0.05) is 54.1 Å². The van der Waals surface area contributed by atoms with Crippen LogP contribution >= 0.6 is 11.6 Å². The van der Waals surface area contributed by atoms with Gasteiger partial charge in [-0.2, -0.15) is 0 Å². The molecular weight excluding hydrogens is 414 g/mol. The van der Waals surface area contributed by atoms with E-state index in [1.165, 1.54) is 6.42 Å². The van der Waals surface area contributed by atoms with Gasteiger partial charge in [-0.15, -0.1) is 0 Å². The van der Waals surface area contributed by atoms with Crippen LogP contribution in [0.3, 0.4) is 0 Å². The lowest BCUT2D eigenvalue weighted by Gasteiger charge is -2.26. The molecule has 31 heavy (non-hydrogen) atoms. The van der Waals surface area contributed by atoms with Crippen molar-refractivity contribution in [2.75, 3.05) is 19.6 Å². The number of piperidine rings is 1. The number of amides is 3. The van der Waals surface area contributed by atoms with Crippen LogP contribution in [0.25, 0.3) is 0 Å². The molecule has 3 rings (SSSR count). The van der Waals surface area contributed by atoms with Crippen LogP contribution in [0.2, 0.25) is 5.02 Å². The van der Waals surface area contributed by atoms with Crippen molar-refractivity contribution < 1.29 is 14.4 Å². The summed E-state index contributed by atoms with van der Waals surface area (Å²) in [7, 11) is 0. The summed E-state index contributed by atoms with van der Waals surface area (Å²) in [6.07, 6.45) is 3.61. The topological polar surface area (TPSA) is 78.5 Å². The number of nitrogens with zero attached hydrogens (tertiary/aromatic N) is 1. The average molecular weight is 442 g/mol. The van der Waals surface area contributed by atoms with Gasteiger partial charge in [-0.25, -0.2) is 0 Å². The summed E-state index contributed by atoms with van der Waals surface area (Å²) in [5.74, 6) is -0.487. The molecule has 6 nitrogen and oxygen atoms in total. The second kappa shape index (κ2) is 11.5. The molecule has 2 N–H and O–H groups in total. The fourth-order valence-corrected chi connectivity index (χ4v) is 3.91. The quantitative estimate of drug-likeness (QED) is 0.655. The zero-order valence-corrected chi connectivity index (χ0v) is 18.2. The Labute approximate surface area is 188 Å². The predicted octanol–water partition coefficient (Wildman–Crippen LogP) is 3.72. The first-order valence-electron chi connectivity index (χ1n) is 10.7. The molecule has 0 aliphatic carbocycles. The van der Waals surface area contributed by atoms with Gasteiger partial charge in [0.2, 0.25) is 11.8 Å². The summed E-state index contributed by atoms with van der Waals surface area (Å²) < 4.78 is 0. The monoisotopic (exact) mass is 441 g/mol. The first kappa shape index (κ1) is 22.8. The SMILES string of the molecule is O=C(CC(NC(=O)c1ccccc1Cl)c1ccccc1)NCCC(=O)N1CCCCC1. The third-order valence-electron chi connectivity index (χ3n) is 5.39. The van der Waals surface area contributed by atoms with Gasteiger partial charge in [0.25, 0.3) is 5.91 Å². The summed E-state index contributed by atoms with van der Waals surface area (Å²) >= 11 is 6.14. The van der Waals surface area contributed by atoms with Crippen molar-refractivity contribution in [1.82, 2.24) is 15.5 Å². The molecular formula is C24H28ClN3O3. The molecule has 1 saturated heterocycles. The van der Waals surface area contributed by atoms with Crippen LogP contribution in [0.5, 0.6) is 0 Å². The molecule has 0 bridgehead atoms. The molecule has 1 atom stereocenters. The van der Waals surface area contributed by atoms with Gasteiger partial charge in [0.05, 0.1) is 23.0 Å². The van der Waals surface area contributed by atoms with E-state index in [2.05, 4.69) is 10.6 Å². The minimum atomic E-state index is -0.511. The highest BCUT2D eigenvalue weighted by Gasteiger charge is 2.21. The van der Waals surface area contributed by atoms with E-state index in [4.69, 9.17) is 11.6 Å². The van der Waals surface area contributed by atoms with E-state index in [1.54, 1.807) is 24.3 Å². The van der Waals surface area contributed by atoms with Crippen LogP contribution in [-0.2, 0) is 9.59 Å². The second-order valence-electron chi connectivity index (χ2n) is 7.66. The first-order chi connectivity index (χ1) is 15.0. The van der Waals surface area contributed by atoms with E-state index in [0.29, 0.717) is 10.6 Å². The zero-order chi connectivity index (χ0) is 22.1. The third kappa shape index (κ3) is 6.82. The van der Waals surface area contributed by atoms with Crippen molar-refractivity contribution in [3.05, 3.63) is 70.7 Å². The van der Waals surface area contributed by atoms with Crippen LogP contribution < -0.4 is 10.6 Å². The van der Waals surface area contributed by atoms with Gasteiger partial charge in [0.15, 0.2) is 0 Å². The molecule has 1 fully saturated rings. The summed E-state index contributed by atoms with van der Waals surface area (Å²) in [4.78, 5) is 39.4. The van der Waals surface area contributed by atoms with E-state index in [-0.39, 0.29) is 37.1 Å². The molecule has 164 valence electrons. The Morgan fingerprint density at radius 2 is 1.61 bits per heavy atom. The lowest BCUT2D eigenvalue weighted by Crippen LogP contribution is -2.38. The molecule has 3 amide bonds. The maximum Gasteiger partial charge on any atom is 0.253 e. The maximum atomic E-state index is 12.7. The van der Waals surface area contributed by atoms with Crippen LogP contribution in [0.15, 0.2) is 54.6 Å². The molecule has 2 aromatic rings. The number of nitrogens with one attached hydrogen (secondary N) is 2. The predicted molar refractivity (Wildman–Crippen MR) is 121 cm³/mol. The standard InChI is InChI=1S/C24H28ClN3O3/c25-20-12-6-5-11-19(20)24(31)27-21(18-9-3-1-4-10-18)17-22(29)26-14-13-23(30)28-15-7-2-8-16-28/h1,3-6,9-12,21H,2,7-8,13-17H2,(H,26,29)(H,27,31). The first-order valence-corrected chi connectivity index (χ1v) is 11.1. The summed E-state index contributed by atoms with van der Waals surface area (Å²) in [5, 5.41) is 6.08. The molecule has 1 aliphatic heterocycles. The lowest BCUT2D eigenvalue weighted by atomic mass is 10.0. The Morgan fingerprint density at radius 1 is 0.935 bits per heavy atom. The average Bonchev–Trinajstić information content (AvgIpc) is 2.80. The highest BCUT2D eigenvalue weighted by Crippen LogP contribution is 2.20. The number of rotatable bonds is 8. The van der Waals surface area contributed by atoms with E-state index in [1.807, 2.05) is 35.2 Å². The van der Waals surface area contributed by atoms with Gasteiger partial charge in [0.1, 0.15) is 0 Å². The molecule has 2 aromatic carbocycles. The van der Waals surface area contributed by atoms with E-state index in [0.717, 1.165) is 31.5 Å². The number of benzene rings is 2. The number of likely N-dealkylation sites (tertiary alicyclic amines) is 1. The molecule has 0 aromatic heterocycles. The molecule has 0 saturated carbocycles. The second-order valence-corrected chi connectivity index (χ2v) is 8.07. The van der Waals surface area contributed by atoms with E-state index < -0.39 is 6.04 Å². The molecule has 0 spiro atoms. The lowest BCUT2D eigenvalue weighted by molar-refractivity contribution is -0.132. The zero-order valence-electron chi connectivity index (χ0n) is 17.5. The van der Waals surface area contributed by atoms with Crippen LogP contribution in [-0.4, -0.2) is 42.3 Å². The fraction of sp³-hybridized carbons (Fsp3) is 0.375. The van der Waals surface area contributed by atoms with Gasteiger partial charge in [-0.05, 0) is 37.0 Å². The van der Waals surface area contributed by atoms with Crippen LogP contribution in [0, 0.1) is 0 Å². The van der Waals surface area contributed by atoms with E-state index >= 15 is 0 Å². The van der Waals surface area contributed by atoms with E-state index in [9.17, 15) is 14.4 Å². The number of halogens is 1. The molecule has 0 radical (unpaired) electrons. The Hall–Kier alpha value is -2.86. The number of carbonyl (C=O) groups is 3. The Balaban J connectivity index is 1.57. The summed E-state index contributed by atoms with van der Waals surface area (Å²) in [6.45, 7) is 1.89. The minimum Gasteiger partial charge on any atom is -0.356 e. The van der Waals surface area contributed by atoms with Gasteiger partial charge < -0.3 is 15.5 Å². The highest BCUT2D eigenvalue weighted by atomic mass is 35.5. The Morgan fingerprint density at radius 3 is 2.32 bits per heavy atom. The smallest absolute Gasteiger partial charge is 0.253 e. The molecule has 1 aliphatic rings. The number of carbonyl (C=O) groups excluding carboxylic acids is 3. The largest absolute Gasteiger partial charge is 0.356 e. The van der Waals surface area contributed by atoms with Crippen molar-refractivity contribution in [2.24, 2.45) is 0 Å². The van der Waals surface area contributed by atoms with Crippen LogP contribution in [0.4, 0.5) is 0 Å². The van der Waals surface area contributed by atoms with Crippen molar-refractivity contribution in [1.29, 1.82) is 0 Å². The van der Waals surface area contributed by atoms with Gasteiger partial charge in [-0.3, -0.25) is 14.4 Å². The normalized spacial score (nSPS) is 14.5. The fourth-order valence-electron chi connectivity index (χ4n) is 3.69. The van der Waals surface area contributed by atoms with Crippen molar-refractivity contribution in [3.63, 3.8) is 0 Å². The molecule has 1 unspecified atom stereocenters. The molecule has 7 heteroatoms. The summed E-state index contributed by atoms with van der Waals surface area (Å²) in [6, 6.07) is 15.6. The highest BCUT2D eigenvalue weighted by molar-refractivity contribution is 6.33. The van der Waals surface area contributed by atoms with Crippen molar-refractivity contribution >= 4 is 29.3 Å². The number of hydrogen-bond acceptors (Lipinski definition) is 3. The minimum absolute atomic E-state index is 0.0676. The third-order valence-corrected chi connectivity index (χ3v) is 5.71. The van der Waals surface area contributed by atoms with Crippen molar-refractivity contribution in [2.45, 2.75) is 38.1 Å². The Kier molecular flexibility index (Phi) is 8.47. The van der Waals surface area contributed by atoms with Crippen LogP contribution in [0.1, 0.15) is 54.1 Å². The van der Waals surface area contributed by atoms with Gasteiger partial charge in [0, 0.05) is 26.1 Å². The Bertz CT molecular complexity index is 898. The number of hydrogen-bond donors (Lipinski definition) is 2. The maximum absolute atomic E-state index is 12.7.